The van der Waals surface area contributed by atoms with Crippen molar-refractivity contribution in [3.8, 4) is 11.5 Å². The van der Waals surface area contributed by atoms with Crippen molar-refractivity contribution in [1.82, 2.24) is 4.90 Å². The first-order valence-electron chi connectivity index (χ1n) is 11.8. The Kier molecular flexibility index (Phi) is 7.10. The fourth-order valence-electron chi connectivity index (χ4n) is 4.08. The maximum Gasteiger partial charge on any atom is 0.410 e. The number of esters is 2. The van der Waals surface area contributed by atoms with Gasteiger partial charge in [-0.3, -0.25) is 0 Å². The number of hydrogen-bond acceptors (Lipinski definition) is 6. The van der Waals surface area contributed by atoms with Crippen LogP contribution < -0.4 is 9.47 Å². The van der Waals surface area contributed by atoms with Crippen LogP contribution in [-0.2, 0) is 11.2 Å². The van der Waals surface area contributed by atoms with Crippen molar-refractivity contribution in [1.29, 1.82) is 0 Å². The van der Waals surface area contributed by atoms with Crippen molar-refractivity contribution >= 4 is 18.0 Å². The Morgan fingerprint density at radius 1 is 0.806 bits per heavy atom. The first-order valence-corrected chi connectivity index (χ1v) is 11.8. The van der Waals surface area contributed by atoms with Crippen molar-refractivity contribution in [2.75, 3.05) is 7.05 Å². The molecule has 1 aliphatic rings. The van der Waals surface area contributed by atoms with E-state index in [1.165, 1.54) is 0 Å². The SMILES string of the molecule is CN(C(=O)OC(C)(C)C)C1CCc2cc(OC(=O)c3ccccc3)c(OC(=O)c3ccccc3)cc21. The molecule has 1 atom stereocenters. The molecule has 0 aliphatic heterocycles. The number of hydrogen-bond donors (Lipinski definition) is 0. The Morgan fingerprint density at radius 3 is 1.81 bits per heavy atom. The Balaban J connectivity index is 1.67. The minimum Gasteiger partial charge on any atom is -0.444 e. The predicted octanol–water partition coefficient (Wildman–Crippen LogP) is 5.98. The molecule has 0 saturated heterocycles. The fourth-order valence-corrected chi connectivity index (χ4v) is 4.08. The third-order valence-electron chi connectivity index (χ3n) is 5.82. The van der Waals surface area contributed by atoms with Gasteiger partial charge in [0.05, 0.1) is 17.2 Å². The summed E-state index contributed by atoms with van der Waals surface area (Å²) in [5.74, 6) is -0.889. The molecule has 0 bridgehead atoms. The summed E-state index contributed by atoms with van der Waals surface area (Å²) in [5, 5.41) is 0. The van der Waals surface area contributed by atoms with Crippen molar-refractivity contribution < 1.29 is 28.6 Å². The zero-order valence-electron chi connectivity index (χ0n) is 20.8. The molecular weight excluding hydrogens is 458 g/mol. The first kappa shape index (κ1) is 25.0. The smallest absolute Gasteiger partial charge is 0.410 e. The fraction of sp³-hybridized carbons (Fsp3) is 0.276. The number of carbonyl (C=O) groups is 3. The van der Waals surface area contributed by atoms with E-state index in [0.29, 0.717) is 24.0 Å². The molecule has 3 aromatic rings. The lowest BCUT2D eigenvalue weighted by Gasteiger charge is -2.29. The average molecular weight is 488 g/mol. The van der Waals surface area contributed by atoms with Gasteiger partial charge in [-0.05, 0) is 81.1 Å². The summed E-state index contributed by atoms with van der Waals surface area (Å²) in [7, 11) is 1.69. The second-order valence-corrected chi connectivity index (χ2v) is 9.65. The molecule has 36 heavy (non-hydrogen) atoms. The number of carbonyl (C=O) groups excluding carboxylic acids is 3. The van der Waals surface area contributed by atoms with Crippen molar-refractivity contribution in [2.45, 2.75) is 45.3 Å². The molecule has 0 heterocycles. The molecule has 0 radical (unpaired) electrons. The molecule has 186 valence electrons. The molecule has 4 rings (SSSR count). The standard InChI is InChI=1S/C29H29NO6/c1-29(2,3)36-28(33)30(4)23-16-15-21-17-24(34-26(31)19-11-7-5-8-12-19)25(18-22(21)23)35-27(32)20-13-9-6-10-14-20/h5-14,17-18,23H,15-16H2,1-4H3. The summed E-state index contributed by atoms with van der Waals surface area (Å²) in [5.41, 5.74) is 1.84. The molecular formula is C29H29NO6. The zero-order valence-corrected chi connectivity index (χ0v) is 20.8. The van der Waals surface area contributed by atoms with Crippen LogP contribution in [0.1, 0.15) is 65.1 Å². The Labute approximate surface area is 210 Å². The highest BCUT2D eigenvalue weighted by atomic mass is 16.6. The van der Waals surface area contributed by atoms with Gasteiger partial charge >= 0.3 is 18.0 Å². The lowest BCUT2D eigenvalue weighted by Crippen LogP contribution is -2.36. The number of ether oxygens (including phenoxy) is 3. The van der Waals surface area contributed by atoms with Crippen LogP contribution in [0.25, 0.3) is 0 Å². The quantitative estimate of drug-likeness (QED) is 0.325. The van der Waals surface area contributed by atoms with Gasteiger partial charge in [0.2, 0.25) is 0 Å². The molecule has 1 amide bonds. The molecule has 0 fully saturated rings. The van der Waals surface area contributed by atoms with E-state index in [1.54, 1.807) is 84.7 Å². The third-order valence-corrected chi connectivity index (χ3v) is 5.82. The second-order valence-electron chi connectivity index (χ2n) is 9.65. The highest BCUT2D eigenvalue weighted by molar-refractivity contribution is 5.93. The van der Waals surface area contributed by atoms with Crippen LogP contribution >= 0.6 is 0 Å². The van der Waals surface area contributed by atoms with Gasteiger partial charge in [-0.25, -0.2) is 14.4 Å². The van der Waals surface area contributed by atoms with Gasteiger partial charge in [-0.1, -0.05) is 36.4 Å². The van der Waals surface area contributed by atoms with E-state index in [4.69, 9.17) is 14.2 Å². The van der Waals surface area contributed by atoms with Crippen LogP contribution in [-0.4, -0.2) is 35.6 Å². The third kappa shape index (κ3) is 5.74. The number of amides is 1. The summed E-state index contributed by atoms with van der Waals surface area (Å²) >= 11 is 0. The minimum absolute atomic E-state index is 0.108. The molecule has 0 aromatic heterocycles. The van der Waals surface area contributed by atoms with Gasteiger partial charge in [0, 0.05) is 7.05 Å². The Hall–Kier alpha value is -4.13. The topological polar surface area (TPSA) is 82.1 Å². The van der Waals surface area contributed by atoms with Crippen molar-refractivity contribution in [2.24, 2.45) is 0 Å². The molecule has 0 spiro atoms. The molecule has 7 heteroatoms. The van der Waals surface area contributed by atoms with E-state index in [9.17, 15) is 14.4 Å². The highest BCUT2D eigenvalue weighted by Crippen LogP contribution is 2.42. The average Bonchev–Trinajstić information content (AvgIpc) is 3.26. The number of aryl methyl sites for hydroxylation is 1. The van der Waals surface area contributed by atoms with Gasteiger partial charge < -0.3 is 19.1 Å². The summed E-state index contributed by atoms with van der Waals surface area (Å²) in [6.45, 7) is 5.45. The van der Waals surface area contributed by atoms with E-state index < -0.39 is 23.6 Å². The molecule has 3 aromatic carbocycles. The van der Waals surface area contributed by atoms with E-state index in [-0.39, 0.29) is 17.5 Å². The van der Waals surface area contributed by atoms with Crippen molar-refractivity contribution in [3.05, 3.63) is 95.1 Å². The second kappa shape index (κ2) is 10.2. The number of fused-ring (bicyclic) bond motifs is 1. The number of benzene rings is 3. The minimum atomic E-state index is -0.626. The maximum absolute atomic E-state index is 12.9. The van der Waals surface area contributed by atoms with Crippen LogP contribution in [0, 0.1) is 0 Å². The van der Waals surface area contributed by atoms with E-state index in [2.05, 4.69) is 0 Å². The predicted molar refractivity (Wildman–Crippen MR) is 134 cm³/mol. The molecule has 0 N–H and O–H groups in total. The monoisotopic (exact) mass is 487 g/mol. The zero-order chi connectivity index (χ0) is 25.9. The van der Waals surface area contributed by atoms with Crippen LogP contribution in [0.2, 0.25) is 0 Å². The van der Waals surface area contributed by atoms with Crippen molar-refractivity contribution in [3.63, 3.8) is 0 Å². The Morgan fingerprint density at radius 2 is 1.31 bits per heavy atom. The normalized spacial score (nSPS) is 14.5. The van der Waals surface area contributed by atoms with Gasteiger partial charge in [-0.15, -0.1) is 0 Å². The largest absolute Gasteiger partial charge is 0.444 e. The first-order chi connectivity index (χ1) is 17.1. The van der Waals surface area contributed by atoms with Gasteiger partial charge in [0.25, 0.3) is 0 Å². The lowest BCUT2D eigenvalue weighted by molar-refractivity contribution is 0.0220. The van der Waals surface area contributed by atoms with E-state index in [0.717, 1.165) is 11.1 Å². The highest BCUT2D eigenvalue weighted by Gasteiger charge is 2.33. The summed E-state index contributed by atoms with van der Waals surface area (Å²) in [6.07, 6.45) is 0.881. The Bertz CT molecular complexity index is 1260. The van der Waals surface area contributed by atoms with E-state index in [1.807, 2.05) is 20.8 Å². The summed E-state index contributed by atoms with van der Waals surface area (Å²) in [6, 6.07) is 20.3. The van der Waals surface area contributed by atoms with Crippen LogP contribution in [0.3, 0.4) is 0 Å². The number of rotatable bonds is 5. The van der Waals surface area contributed by atoms with E-state index >= 15 is 0 Å². The molecule has 7 nitrogen and oxygen atoms in total. The van der Waals surface area contributed by atoms with Crippen LogP contribution in [0.15, 0.2) is 72.8 Å². The van der Waals surface area contributed by atoms with Gasteiger partial charge in [0.1, 0.15) is 5.60 Å². The summed E-state index contributed by atoms with van der Waals surface area (Å²) in [4.78, 5) is 39.9. The van der Waals surface area contributed by atoms with Crippen LogP contribution in [0.4, 0.5) is 4.79 Å². The molecule has 1 aliphatic carbocycles. The molecule has 1 unspecified atom stereocenters. The van der Waals surface area contributed by atoms with Gasteiger partial charge in [-0.2, -0.15) is 0 Å². The van der Waals surface area contributed by atoms with Gasteiger partial charge in [0.15, 0.2) is 11.5 Å². The lowest BCUT2D eigenvalue weighted by atomic mass is 10.1. The number of nitrogens with zero attached hydrogens (tertiary/aromatic N) is 1. The molecule has 0 saturated carbocycles. The maximum atomic E-state index is 12.9. The van der Waals surface area contributed by atoms with Crippen LogP contribution in [0.5, 0.6) is 11.5 Å². The summed E-state index contributed by atoms with van der Waals surface area (Å²) < 4.78 is 16.9.